The summed E-state index contributed by atoms with van der Waals surface area (Å²) in [5.74, 6) is -1.35. The first-order valence-corrected chi connectivity index (χ1v) is 9.52. The van der Waals surface area contributed by atoms with Crippen LogP contribution in [0.5, 0.6) is 0 Å². The molecule has 2 heterocycles. The molecule has 25 heavy (non-hydrogen) atoms. The Kier molecular flexibility index (Phi) is 5.57. The molecule has 0 unspecified atom stereocenters. The number of anilines is 1. The molecule has 0 fully saturated rings. The van der Waals surface area contributed by atoms with Gasteiger partial charge in [-0.15, -0.1) is 22.7 Å². The molecule has 0 radical (unpaired) electrons. The van der Waals surface area contributed by atoms with Crippen LogP contribution in [0.4, 0.5) is 5.13 Å². The number of nitrogens with one attached hydrogen (secondary N) is 2. The minimum atomic E-state index is -0.698. The summed E-state index contributed by atoms with van der Waals surface area (Å²) in [7, 11) is 0. The summed E-state index contributed by atoms with van der Waals surface area (Å²) in [6.45, 7) is 2.43. The Labute approximate surface area is 153 Å². The zero-order valence-electron chi connectivity index (χ0n) is 13.6. The van der Waals surface area contributed by atoms with Crippen LogP contribution < -0.4 is 10.6 Å². The van der Waals surface area contributed by atoms with Crippen molar-refractivity contribution in [1.82, 2.24) is 10.3 Å². The monoisotopic (exact) mass is 371 g/mol. The molecule has 0 spiro atoms. The molecule has 0 atom stereocenters. The highest BCUT2D eigenvalue weighted by Crippen LogP contribution is 2.28. The number of nitrogens with zero attached hydrogens (tertiary/aromatic N) is 1. The molecule has 5 nitrogen and oxygen atoms in total. The van der Waals surface area contributed by atoms with Crippen molar-refractivity contribution >= 4 is 39.6 Å². The summed E-state index contributed by atoms with van der Waals surface area (Å²) in [4.78, 5) is 29.2. The molecular formula is C18H17N3O2S2. The fourth-order valence-electron chi connectivity index (χ4n) is 2.29. The Balaban J connectivity index is 1.48. The normalized spacial score (nSPS) is 10.4. The van der Waals surface area contributed by atoms with Crippen molar-refractivity contribution in [2.24, 2.45) is 0 Å². The maximum absolute atomic E-state index is 12.0. The highest BCUT2D eigenvalue weighted by atomic mass is 32.1. The van der Waals surface area contributed by atoms with Crippen LogP contribution in [-0.2, 0) is 16.0 Å². The van der Waals surface area contributed by atoms with Crippen molar-refractivity contribution in [3.8, 4) is 10.6 Å². The highest BCUT2D eigenvalue weighted by Gasteiger charge is 2.15. The molecule has 128 valence electrons. The van der Waals surface area contributed by atoms with Gasteiger partial charge in [0, 0.05) is 11.9 Å². The lowest BCUT2D eigenvalue weighted by Gasteiger charge is -2.05. The van der Waals surface area contributed by atoms with Gasteiger partial charge in [-0.1, -0.05) is 35.9 Å². The lowest BCUT2D eigenvalue weighted by atomic mass is 10.1. The number of carbonyl (C=O) groups is 2. The topological polar surface area (TPSA) is 71.1 Å². The van der Waals surface area contributed by atoms with Gasteiger partial charge in [0.15, 0.2) is 5.13 Å². The second kappa shape index (κ2) is 8.04. The van der Waals surface area contributed by atoms with Crippen LogP contribution in [0.2, 0.25) is 0 Å². The van der Waals surface area contributed by atoms with E-state index in [1.54, 1.807) is 11.3 Å². The van der Waals surface area contributed by atoms with Gasteiger partial charge in [-0.25, -0.2) is 4.98 Å². The second-order valence-corrected chi connectivity index (χ2v) is 7.27. The molecule has 1 aromatic carbocycles. The molecule has 0 saturated heterocycles. The number of carbonyl (C=O) groups excluding carboxylic acids is 2. The van der Waals surface area contributed by atoms with E-state index >= 15 is 0 Å². The lowest BCUT2D eigenvalue weighted by molar-refractivity contribution is -0.136. The van der Waals surface area contributed by atoms with Crippen LogP contribution in [0.1, 0.15) is 11.1 Å². The van der Waals surface area contributed by atoms with E-state index < -0.39 is 11.8 Å². The fourth-order valence-corrected chi connectivity index (χ4v) is 3.76. The van der Waals surface area contributed by atoms with Crippen molar-refractivity contribution in [3.05, 3.63) is 58.3 Å². The molecule has 0 bridgehead atoms. The van der Waals surface area contributed by atoms with E-state index in [2.05, 4.69) is 21.7 Å². The first-order chi connectivity index (χ1) is 12.1. The summed E-state index contributed by atoms with van der Waals surface area (Å²) in [5, 5.41) is 9.42. The van der Waals surface area contributed by atoms with E-state index in [0.29, 0.717) is 18.1 Å². The molecule has 0 aliphatic rings. The number of thiazole rings is 1. The molecule has 0 aliphatic carbocycles. The van der Waals surface area contributed by atoms with Gasteiger partial charge in [0.05, 0.1) is 10.6 Å². The molecule has 0 saturated carbocycles. The van der Waals surface area contributed by atoms with E-state index in [1.165, 1.54) is 16.9 Å². The average Bonchev–Trinajstić information content (AvgIpc) is 3.26. The van der Waals surface area contributed by atoms with E-state index in [0.717, 1.165) is 16.1 Å². The quantitative estimate of drug-likeness (QED) is 0.675. The number of hydrogen-bond acceptors (Lipinski definition) is 5. The SMILES string of the molecule is Cc1cccc(CCNC(=O)C(=O)Nc2nc(-c3cccs3)cs2)c1. The van der Waals surface area contributed by atoms with Gasteiger partial charge >= 0.3 is 11.8 Å². The van der Waals surface area contributed by atoms with E-state index in [-0.39, 0.29) is 0 Å². The maximum Gasteiger partial charge on any atom is 0.315 e. The Morgan fingerprint density at radius 1 is 1.12 bits per heavy atom. The average molecular weight is 371 g/mol. The van der Waals surface area contributed by atoms with Crippen LogP contribution in [0.25, 0.3) is 10.6 Å². The number of aryl methyl sites for hydroxylation is 1. The Bertz CT molecular complexity index is 872. The van der Waals surface area contributed by atoms with E-state index in [1.807, 2.05) is 48.0 Å². The fraction of sp³-hybridized carbons (Fsp3) is 0.167. The summed E-state index contributed by atoms with van der Waals surface area (Å²) < 4.78 is 0. The number of benzene rings is 1. The predicted octanol–water partition coefficient (Wildman–Crippen LogP) is 3.48. The first kappa shape index (κ1) is 17.3. The summed E-state index contributed by atoms with van der Waals surface area (Å²) in [6.07, 6.45) is 0.681. The van der Waals surface area contributed by atoms with Gasteiger partial charge < -0.3 is 5.32 Å². The van der Waals surface area contributed by atoms with Crippen LogP contribution >= 0.6 is 22.7 Å². The molecule has 2 amide bonds. The highest BCUT2D eigenvalue weighted by molar-refractivity contribution is 7.16. The van der Waals surface area contributed by atoms with Crippen LogP contribution in [0, 0.1) is 6.92 Å². The summed E-state index contributed by atoms with van der Waals surface area (Å²) >= 11 is 2.88. The van der Waals surface area contributed by atoms with Crippen molar-refractivity contribution in [3.63, 3.8) is 0 Å². The van der Waals surface area contributed by atoms with Gasteiger partial charge in [-0.2, -0.15) is 0 Å². The standard InChI is InChI=1S/C18H17N3O2S2/c1-12-4-2-5-13(10-12)7-8-19-16(22)17(23)21-18-20-14(11-25-18)15-6-3-9-24-15/h2-6,9-11H,7-8H2,1H3,(H,19,22)(H,20,21,23). The van der Waals surface area contributed by atoms with Crippen LogP contribution in [-0.4, -0.2) is 23.3 Å². The van der Waals surface area contributed by atoms with Crippen molar-refractivity contribution in [2.45, 2.75) is 13.3 Å². The van der Waals surface area contributed by atoms with Crippen molar-refractivity contribution in [1.29, 1.82) is 0 Å². The third-order valence-corrected chi connectivity index (χ3v) is 5.14. The lowest BCUT2D eigenvalue weighted by Crippen LogP contribution is -2.36. The second-order valence-electron chi connectivity index (χ2n) is 5.46. The van der Waals surface area contributed by atoms with Crippen LogP contribution in [0.3, 0.4) is 0 Å². The molecule has 3 rings (SSSR count). The van der Waals surface area contributed by atoms with Gasteiger partial charge in [0.1, 0.15) is 0 Å². The number of hydrogen-bond donors (Lipinski definition) is 2. The van der Waals surface area contributed by atoms with Gasteiger partial charge in [0.2, 0.25) is 0 Å². The number of aromatic nitrogens is 1. The van der Waals surface area contributed by atoms with Crippen molar-refractivity contribution < 1.29 is 9.59 Å². The molecule has 2 N–H and O–H groups in total. The third kappa shape index (κ3) is 4.74. The Morgan fingerprint density at radius 3 is 2.76 bits per heavy atom. The minimum absolute atomic E-state index is 0.411. The van der Waals surface area contributed by atoms with Crippen LogP contribution in [0.15, 0.2) is 47.2 Å². The molecule has 3 aromatic rings. The zero-order chi connectivity index (χ0) is 17.6. The number of rotatable bonds is 5. The molecule has 7 heteroatoms. The summed E-state index contributed by atoms with van der Waals surface area (Å²) in [5.41, 5.74) is 3.10. The predicted molar refractivity (Wildman–Crippen MR) is 102 cm³/mol. The minimum Gasteiger partial charge on any atom is -0.347 e. The van der Waals surface area contributed by atoms with Crippen molar-refractivity contribution in [2.75, 3.05) is 11.9 Å². The van der Waals surface area contributed by atoms with Gasteiger partial charge in [-0.3, -0.25) is 14.9 Å². The summed E-state index contributed by atoms with van der Waals surface area (Å²) in [6, 6.07) is 12.0. The van der Waals surface area contributed by atoms with Gasteiger partial charge in [0.25, 0.3) is 0 Å². The maximum atomic E-state index is 12.0. The Morgan fingerprint density at radius 2 is 2.00 bits per heavy atom. The largest absolute Gasteiger partial charge is 0.347 e. The first-order valence-electron chi connectivity index (χ1n) is 7.76. The number of thiophene rings is 1. The van der Waals surface area contributed by atoms with E-state index in [9.17, 15) is 9.59 Å². The third-order valence-electron chi connectivity index (χ3n) is 3.49. The molecule has 0 aliphatic heterocycles. The Hall–Kier alpha value is -2.51. The molecular weight excluding hydrogens is 354 g/mol. The van der Waals surface area contributed by atoms with E-state index in [4.69, 9.17) is 0 Å². The number of amides is 2. The smallest absolute Gasteiger partial charge is 0.315 e. The molecule has 2 aromatic heterocycles. The zero-order valence-corrected chi connectivity index (χ0v) is 15.2. The van der Waals surface area contributed by atoms with Gasteiger partial charge in [-0.05, 0) is 30.4 Å².